The van der Waals surface area contributed by atoms with Gasteiger partial charge in [0.05, 0.1) is 4.47 Å². The SMILES string of the molecule is Cc1cnc(N2CC(C)Cc3ccccc32)c(Br)c1. The smallest absolute Gasteiger partial charge is 0.147 e. The molecule has 0 spiro atoms. The summed E-state index contributed by atoms with van der Waals surface area (Å²) >= 11 is 3.65. The summed E-state index contributed by atoms with van der Waals surface area (Å²) in [6, 6.07) is 10.8. The van der Waals surface area contributed by atoms with Crippen LogP contribution in [0.1, 0.15) is 18.1 Å². The Morgan fingerprint density at radius 3 is 2.89 bits per heavy atom. The second-order valence-corrected chi connectivity index (χ2v) is 6.22. The van der Waals surface area contributed by atoms with E-state index in [1.807, 2.05) is 6.20 Å². The molecule has 1 aliphatic heterocycles. The topological polar surface area (TPSA) is 16.1 Å². The number of hydrogen-bond donors (Lipinski definition) is 0. The van der Waals surface area contributed by atoms with Gasteiger partial charge in [0, 0.05) is 18.4 Å². The average molecular weight is 317 g/mol. The molecule has 0 N–H and O–H groups in total. The Kier molecular flexibility index (Phi) is 3.31. The van der Waals surface area contributed by atoms with Gasteiger partial charge in [-0.2, -0.15) is 0 Å². The molecule has 2 aromatic rings. The first-order valence-corrected chi connectivity index (χ1v) is 7.42. The molecule has 3 rings (SSSR count). The Morgan fingerprint density at radius 1 is 1.32 bits per heavy atom. The molecule has 0 radical (unpaired) electrons. The van der Waals surface area contributed by atoms with Crippen LogP contribution in [0.4, 0.5) is 11.5 Å². The van der Waals surface area contributed by atoms with Gasteiger partial charge in [0.15, 0.2) is 0 Å². The summed E-state index contributed by atoms with van der Waals surface area (Å²) in [5, 5.41) is 0. The van der Waals surface area contributed by atoms with Gasteiger partial charge in [-0.15, -0.1) is 0 Å². The van der Waals surface area contributed by atoms with Crippen molar-refractivity contribution in [1.82, 2.24) is 4.98 Å². The molecule has 0 amide bonds. The summed E-state index contributed by atoms with van der Waals surface area (Å²) in [4.78, 5) is 6.94. The van der Waals surface area contributed by atoms with Crippen molar-refractivity contribution in [3.63, 3.8) is 0 Å². The predicted octanol–water partition coefficient (Wildman–Crippen LogP) is 4.48. The van der Waals surface area contributed by atoms with Gasteiger partial charge >= 0.3 is 0 Å². The molecule has 0 bridgehead atoms. The summed E-state index contributed by atoms with van der Waals surface area (Å²) in [7, 11) is 0. The van der Waals surface area contributed by atoms with Crippen LogP contribution in [0, 0.1) is 12.8 Å². The van der Waals surface area contributed by atoms with Crippen molar-refractivity contribution in [1.29, 1.82) is 0 Å². The van der Waals surface area contributed by atoms with Gasteiger partial charge < -0.3 is 4.90 Å². The van der Waals surface area contributed by atoms with Crippen LogP contribution in [0.3, 0.4) is 0 Å². The fraction of sp³-hybridized carbons (Fsp3) is 0.312. The van der Waals surface area contributed by atoms with Gasteiger partial charge in [-0.05, 0) is 58.5 Å². The second kappa shape index (κ2) is 4.97. The van der Waals surface area contributed by atoms with E-state index in [1.54, 1.807) is 0 Å². The number of anilines is 2. The van der Waals surface area contributed by atoms with Gasteiger partial charge in [0.2, 0.25) is 0 Å². The highest BCUT2D eigenvalue weighted by Gasteiger charge is 2.24. The Balaban J connectivity index is 2.10. The van der Waals surface area contributed by atoms with E-state index in [2.05, 4.69) is 70.0 Å². The molecule has 0 saturated carbocycles. The molecule has 1 aromatic heterocycles. The fourth-order valence-corrected chi connectivity index (χ4v) is 3.40. The van der Waals surface area contributed by atoms with Crippen LogP contribution in [0.5, 0.6) is 0 Å². The molecular weight excluding hydrogens is 300 g/mol. The maximum absolute atomic E-state index is 4.61. The highest BCUT2D eigenvalue weighted by atomic mass is 79.9. The summed E-state index contributed by atoms with van der Waals surface area (Å²) in [6.07, 6.45) is 3.08. The minimum absolute atomic E-state index is 0.643. The van der Waals surface area contributed by atoms with Crippen molar-refractivity contribution in [3.8, 4) is 0 Å². The molecule has 98 valence electrons. The van der Waals surface area contributed by atoms with Gasteiger partial charge in [-0.1, -0.05) is 25.1 Å². The minimum Gasteiger partial charge on any atom is -0.325 e. The molecule has 0 aliphatic carbocycles. The molecule has 1 atom stereocenters. The first kappa shape index (κ1) is 12.7. The number of halogens is 1. The molecule has 1 unspecified atom stereocenters. The molecule has 3 heteroatoms. The van der Waals surface area contributed by atoms with Crippen molar-refractivity contribution >= 4 is 27.4 Å². The minimum atomic E-state index is 0.643. The summed E-state index contributed by atoms with van der Waals surface area (Å²) in [5.41, 5.74) is 3.88. The number of pyridine rings is 1. The van der Waals surface area contributed by atoms with Crippen molar-refractivity contribution in [3.05, 3.63) is 52.1 Å². The lowest BCUT2D eigenvalue weighted by Crippen LogP contribution is -2.31. The number of benzene rings is 1. The van der Waals surface area contributed by atoms with Crippen LogP contribution in [-0.4, -0.2) is 11.5 Å². The number of rotatable bonds is 1. The van der Waals surface area contributed by atoms with Gasteiger partial charge in [-0.25, -0.2) is 4.98 Å². The fourth-order valence-electron chi connectivity index (χ4n) is 2.72. The Hall–Kier alpha value is -1.35. The van der Waals surface area contributed by atoms with E-state index in [-0.39, 0.29) is 0 Å². The monoisotopic (exact) mass is 316 g/mol. The highest BCUT2D eigenvalue weighted by molar-refractivity contribution is 9.10. The Morgan fingerprint density at radius 2 is 2.11 bits per heavy atom. The lowest BCUT2D eigenvalue weighted by atomic mass is 9.94. The standard InChI is InChI=1S/C16H17BrN2/c1-11-8-14(17)16(18-9-11)19-10-12(2)7-13-5-3-4-6-15(13)19/h3-6,8-9,12H,7,10H2,1-2H3. The highest BCUT2D eigenvalue weighted by Crippen LogP contribution is 2.37. The first-order chi connectivity index (χ1) is 9.15. The zero-order chi connectivity index (χ0) is 13.4. The third-order valence-electron chi connectivity index (χ3n) is 3.56. The van der Waals surface area contributed by atoms with Crippen LogP contribution in [-0.2, 0) is 6.42 Å². The number of aromatic nitrogens is 1. The number of hydrogen-bond acceptors (Lipinski definition) is 2. The zero-order valence-electron chi connectivity index (χ0n) is 11.2. The van der Waals surface area contributed by atoms with Crippen LogP contribution in [0.15, 0.2) is 41.0 Å². The van der Waals surface area contributed by atoms with Crippen molar-refractivity contribution < 1.29 is 0 Å². The van der Waals surface area contributed by atoms with Crippen molar-refractivity contribution in [2.45, 2.75) is 20.3 Å². The molecular formula is C16H17BrN2. The van der Waals surface area contributed by atoms with Crippen LogP contribution in [0.25, 0.3) is 0 Å². The number of aryl methyl sites for hydroxylation is 1. The van der Waals surface area contributed by atoms with E-state index < -0.39 is 0 Å². The molecule has 19 heavy (non-hydrogen) atoms. The Labute approximate surface area is 122 Å². The summed E-state index contributed by atoms with van der Waals surface area (Å²) in [6.45, 7) is 5.38. The average Bonchev–Trinajstić information content (AvgIpc) is 2.38. The molecule has 1 aliphatic rings. The van der Waals surface area contributed by atoms with E-state index in [9.17, 15) is 0 Å². The molecule has 0 saturated heterocycles. The maximum atomic E-state index is 4.61. The Bertz CT molecular complexity index is 609. The zero-order valence-corrected chi connectivity index (χ0v) is 12.8. The number of para-hydroxylation sites is 1. The van der Waals surface area contributed by atoms with E-state index in [1.165, 1.54) is 16.8 Å². The lowest BCUT2D eigenvalue weighted by Gasteiger charge is -2.34. The summed E-state index contributed by atoms with van der Waals surface area (Å²) < 4.78 is 1.07. The predicted molar refractivity (Wildman–Crippen MR) is 83.0 cm³/mol. The van der Waals surface area contributed by atoms with Gasteiger partial charge in [0.1, 0.15) is 5.82 Å². The lowest BCUT2D eigenvalue weighted by molar-refractivity contribution is 0.559. The molecule has 2 heterocycles. The van der Waals surface area contributed by atoms with Crippen LogP contribution < -0.4 is 4.90 Å². The molecule has 1 aromatic carbocycles. The van der Waals surface area contributed by atoms with Crippen LogP contribution in [0.2, 0.25) is 0 Å². The van der Waals surface area contributed by atoms with E-state index in [4.69, 9.17) is 0 Å². The molecule has 2 nitrogen and oxygen atoms in total. The van der Waals surface area contributed by atoms with Crippen molar-refractivity contribution in [2.75, 3.05) is 11.4 Å². The largest absolute Gasteiger partial charge is 0.325 e. The number of fused-ring (bicyclic) bond motifs is 1. The van der Waals surface area contributed by atoms with Gasteiger partial charge in [0.25, 0.3) is 0 Å². The second-order valence-electron chi connectivity index (χ2n) is 5.37. The van der Waals surface area contributed by atoms with E-state index in [0.29, 0.717) is 5.92 Å². The third-order valence-corrected chi connectivity index (χ3v) is 4.14. The van der Waals surface area contributed by atoms with E-state index >= 15 is 0 Å². The first-order valence-electron chi connectivity index (χ1n) is 6.63. The normalized spacial score (nSPS) is 18.3. The quantitative estimate of drug-likeness (QED) is 0.771. The summed E-state index contributed by atoms with van der Waals surface area (Å²) in [5.74, 6) is 1.66. The maximum Gasteiger partial charge on any atom is 0.147 e. The van der Waals surface area contributed by atoms with Crippen molar-refractivity contribution in [2.24, 2.45) is 5.92 Å². The van der Waals surface area contributed by atoms with Crippen LogP contribution >= 0.6 is 15.9 Å². The third kappa shape index (κ3) is 2.39. The number of nitrogens with zero attached hydrogens (tertiary/aromatic N) is 2. The van der Waals surface area contributed by atoms with E-state index in [0.717, 1.165) is 23.3 Å². The molecule has 0 fully saturated rings. The van der Waals surface area contributed by atoms with Gasteiger partial charge in [-0.3, -0.25) is 0 Å².